The molecule has 1 fully saturated rings. The van der Waals surface area contributed by atoms with Crippen LogP contribution < -0.4 is 11.1 Å². The van der Waals surface area contributed by atoms with Crippen LogP contribution in [0, 0.1) is 5.92 Å². The molecule has 3 rings (SSSR count). The van der Waals surface area contributed by atoms with Crippen LogP contribution in [-0.2, 0) is 18.0 Å². The minimum atomic E-state index is -0.0409. The Morgan fingerprint density at radius 2 is 2.11 bits per heavy atom. The maximum absolute atomic E-state index is 12.0. The van der Waals surface area contributed by atoms with Crippen LogP contribution in [0.2, 0.25) is 0 Å². The molecule has 1 unspecified atom stereocenters. The van der Waals surface area contributed by atoms with Crippen molar-refractivity contribution in [1.29, 1.82) is 0 Å². The van der Waals surface area contributed by atoms with Gasteiger partial charge in [0.05, 0.1) is 13.2 Å². The fourth-order valence-electron chi connectivity index (χ4n) is 2.32. The van der Waals surface area contributed by atoms with E-state index in [0.29, 0.717) is 31.2 Å². The Bertz CT molecular complexity index is 475. The van der Waals surface area contributed by atoms with Gasteiger partial charge in [-0.2, -0.15) is 0 Å². The second-order valence-electron chi connectivity index (χ2n) is 5.19. The Labute approximate surface area is 119 Å². The number of hydrogen-bond donors (Lipinski definition) is 2. The van der Waals surface area contributed by atoms with Crippen LogP contribution in [0.1, 0.15) is 34.3 Å². The number of ether oxygens (including phenoxy) is 1. The largest absolute Gasteiger partial charge is 0.372 e. The number of nitrogens with one attached hydrogen (secondary N) is 1. The first kappa shape index (κ1) is 14.3. The molecule has 0 radical (unpaired) electrons. The predicted molar refractivity (Wildman–Crippen MR) is 75.2 cm³/mol. The van der Waals surface area contributed by atoms with Gasteiger partial charge in [0.2, 0.25) is 0 Å². The third-order valence-electron chi connectivity index (χ3n) is 3.71. The summed E-state index contributed by atoms with van der Waals surface area (Å²) in [4.78, 5) is 12.0. The fraction of sp³-hybridized carbons (Fsp3) is 0.500. The number of benzene rings is 1. The summed E-state index contributed by atoms with van der Waals surface area (Å²) in [5, 5.41) is 2.91. The second kappa shape index (κ2) is 5.90. The maximum atomic E-state index is 12.0. The third-order valence-corrected chi connectivity index (χ3v) is 3.71. The number of hydrogen-bond acceptors (Lipinski definition) is 3. The second-order valence-corrected chi connectivity index (χ2v) is 5.19. The Kier molecular flexibility index (Phi) is 4.45. The Morgan fingerprint density at radius 3 is 2.84 bits per heavy atom. The van der Waals surface area contributed by atoms with Crippen LogP contribution in [-0.4, -0.2) is 18.5 Å². The average molecular weight is 283 g/mol. The van der Waals surface area contributed by atoms with Crippen molar-refractivity contribution in [3.05, 3.63) is 34.9 Å². The number of nitrogens with two attached hydrogens (primary N) is 1. The van der Waals surface area contributed by atoms with E-state index >= 15 is 0 Å². The zero-order chi connectivity index (χ0) is 12.5. The van der Waals surface area contributed by atoms with Gasteiger partial charge >= 0.3 is 0 Å². The first-order chi connectivity index (χ1) is 8.74. The quantitative estimate of drug-likeness (QED) is 0.882. The van der Waals surface area contributed by atoms with Gasteiger partial charge in [0.1, 0.15) is 0 Å². The molecule has 0 saturated heterocycles. The van der Waals surface area contributed by atoms with Crippen molar-refractivity contribution in [3.8, 4) is 0 Å². The van der Waals surface area contributed by atoms with E-state index < -0.39 is 0 Å². The lowest BCUT2D eigenvalue weighted by Gasteiger charge is -2.12. The van der Waals surface area contributed by atoms with E-state index in [9.17, 15) is 4.79 Å². The highest BCUT2D eigenvalue weighted by atomic mass is 35.5. The molecule has 1 amide bonds. The highest BCUT2D eigenvalue weighted by Crippen LogP contribution is 2.31. The number of amides is 1. The van der Waals surface area contributed by atoms with Crippen LogP contribution in [0.5, 0.6) is 0 Å². The Morgan fingerprint density at radius 1 is 1.37 bits per heavy atom. The normalized spacial score (nSPS) is 18.4. The van der Waals surface area contributed by atoms with Crippen molar-refractivity contribution >= 4 is 18.3 Å². The van der Waals surface area contributed by atoms with Gasteiger partial charge in [-0.3, -0.25) is 4.79 Å². The highest BCUT2D eigenvalue weighted by Gasteiger charge is 2.28. The first-order valence-electron chi connectivity index (χ1n) is 6.47. The van der Waals surface area contributed by atoms with Crippen molar-refractivity contribution in [3.63, 3.8) is 0 Å². The van der Waals surface area contributed by atoms with Crippen molar-refractivity contribution in [2.45, 2.75) is 32.1 Å². The topological polar surface area (TPSA) is 64.3 Å². The molecule has 0 aromatic heterocycles. The molecule has 1 aromatic carbocycles. The highest BCUT2D eigenvalue weighted by molar-refractivity contribution is 5.94. The number of rotatable bonds is 4. The van der Waals surface area contributed by atoms with Gasteiger partial charge in [-0.25, -0.2) is 0 Å². The van der Waals surface area contributed by atoms with Crippen LogP contribution in [0.3, 0.4) is 0 Å². The maximum Gasteiger partial charge on any atom is 0.251 e. The minimum Gasteiger partial charge on any atom is -0.372 e. The van der Waals surface area contributed by atoms with Crippen LogP contribution in [0.15, 0.2) is 18.2 Å². The van der Waals surface area contributed by atoms with E-state index in [1.807, 2.05) is 18.2 Å². The summed E-state index contributed by atoms with van der Waals surface area (Å²) >= 11 is 0. The summed E-state index contributed by atoms with van der Waals surface area (Å²) in [6.07, 6.45) is 2.40. The molecular formula is C14H19ClN2O2. The summed E-state index contributed by atoms with van der Waals surface area (Å²) < 4.78 is 5.34. The van der Waals surface area contributed by atoms with E-state index in [0.717, 1.165) is 5.56 Å². The predicted octanol–water partition coefficient (Wildman–Crippen LogP) is 1.61. The lowest BCUT2D eigenvalue weighted by atomic mass is 10.1. The van der Waals surface area contributed by atoms with Gasteiger partial charge in [0.15, 0.2) is 0 Å². The molecule has 1 atom stereocenters. The molecule has 1 saturated carbocycles. The molecule has 0 bridgehead atoms. The van der Waals surface area contributed by atoms with Crippen molar-refractivity contribution in [1.82, 2.24) is 5.32 Å². The first-order valence-corrected chi connectivity index (χ1v) is 6.47. The average Bonchev–Trinajstić information content (AvgIpc) is 3.13. The third kappa shape index (κ3) is 3.26. The number of carbonyl (C=O) groups is 1. The monoisotopic (exact) mass is 282 g/mol. The molecule has 1 heterocycles. The van der Waals surface area contributed by atoms with Crippen LogP contribution in [0.4, 0.5) is 0 Å². The molecular weight excluding hydrogens is 264 g/mol. The Hall–Kier alpha value is -1.10. The van der Waals surface area contributed by atoms with E-state index in [4.69, 9.17) is 10.5 Å². The lowest BCUT2D eigenvalue weighted by Crippen LogP contribution is -2.38. The van der Waals surface area contributed by atoms with Crippen LogP contribution in [0.25, 0.3) is 0 Å². The summed E-state index contributed by atoms with van der Waals surface area (Å²) in [7, 11) is 0. The van der Waals surface area contributed by atoms with Gasteiger partial charge in [0, 0.05) is 18.2 Å². The Balaban J connectivity index is 0.00000133. The molecule has 1 aliphatic heterocycles. The smallest absolute Gasteiger partial charge is 0.251 e. The SMILES string of the molecule is Cl.NC(CNC(=O)c1ccc2c(c1)COC2)C1CC1. The number of fused-ring (bicyclic) bond motifs is 1. The van der Waals surface area contributed by atoms with Gasteiger partial charge in [0.25, 0.3) is 5.91 Å². The number of carbonyl (C=O) groups excluding carboxylic acids is 1. The van der Waals surface area contributed by atoms with E-state index in [1.54, 1.807) is 0 Å². The zero-order valence-corrected chi connectivity index (χ0v) is 11.5. The van der Waals surface area contributed by atoms with Crippen molar-refractivity contribution in [2.75, 3.05) is 6.54 Å². The molecule has 2 aliphatic rings. The molecule has 104 valence electrons. The molecule has 19 heavy (non-hydrogen) atoms. The molecule has 1 aromatic rings. The molecule has 5 heteroatoms. The summed E-state index contributed by atoms with van der Waals surface area (Å²) in [5.74, 6) is 0.569. The van der Waals surface area contributed by atoms with Crippen molar-refractivity contribution < 1.29 is 9.53 Å². The van der Waals surface area contributed by atoms with Gasteiger partial charge in [-0.05, 0) is 42.0 Å². The standard InChI is InChI=1S/C14H18N2O2.ClH/c15-13(9-1-2-9)6-16-14(17)10-3-4-11-7-18-8-12(11)5-10;/h3-5,9,13H,1-2,6-8,15H2,(H,16,17);1H. The van der Waals surface area contributed by atoms with Crippen LogP contribution >= 0.6 is 12.4 Å². The van der Waals surface area contributed by atoms with Gasteiger partial charge in [-0.15, -0.1) is 12.4 Å². The van der Waals surface area contributed by atoms with E-state index in [1.165, 1.54) is 18.4 Å². The summed E-state index contributed by atoms with van der Waals surface area (Å²) in [5.41, 5.74) is 8.96. The lowest BCUT2D eigenvalue weighted by molar-refractivity contribution is 0.0950. The molecule has 4 nitrogen and oxygen atoms in total. The van der Waals surface area contributed by atoms with E-state index in [-0.39, 0.29) is 24.4 Å². The number of halogens is 1. The van der Waals surface area contributed by atoms with Gasteiger partial charge < -0.3 is 15.8 Å². The zero-order valence-electron chi connectivity index (χ0n) is 10.7. The molecule has 1 aliphatic carbocycles. The molecule has 3 N–H and O–H groups in total. The van der Waals surface area contributed by atoms with Crippen molar-refractivity contribution in [2.24, 2.45) is 11.7 Å². The molecule has 0 spiro atoms. The van der Waals surface area contributed by atoms with Gasteiger partial charge in [-0.1, -0.05) is 6.07 Å². The van der Waals surface area contributed by atoms with E-state index in [2.05, 4.69) is 5.32 Å². The fourth-order valence-corrected chi connectivity index (χ4v) is 2.32. The summed E-state index contributed by atoms with van der Waals surface area (Å²) in [6.45, 7) is 1.83. The minimum absolute atomic E-state index is 0. The summed E-state index contributed by atoms with van der Waals surface area (Å²) in [6, 6.07) is 5.84.